The number of para-hydroxylation sites is 1. The lowest BCUT2D eigenvalue weighted by Gasteiger charge is -2.34. The maximum atomic E-state index is 13.9. The number of fused-ring (bicyclic) bond motifs is 1. The van der Waals surface area contributed by atoms with Crippen LogP contribution in [0.2, 0.25) is 0 Å². The van der Waals surface area contributed by atoms with Crippen molar-refractivity contribution in [3.05, 3.63) is 76.8 Å². The molecule has 114 heavy (non-hydrogen) atoms. The van der Waals surface area contributed by atoms with Gasteiger partial charge in [-0.2, -0.15) is 0 Å². The van der Waals surface area contributed by atoms with Crippen LogP contribution in [0.25, 0.3) is 5.57 Å². The van der Waals surface area contributed by atoms with Crippen molar-refractivity contribution < 1.29 is 142 Å². The molecule has 0 bridgehead atoms. The monoisotopic (exact) mass is 1630 g/mol. The van der Waals surface area contributed by atoms with Gasteiger partial charge in [0.05, 0.1) is 129 Å². The molecule has 3 rings (SSSR count). The van der Waals surface area contributed by atoms with E-state index in [1.165, 1.54) is 4.90 Å². The minimum Gasteiger partial charge on any atom is -0.480 e. The van der Waals surface area contributed by atoms with Crippen LogP contribution in [0.15, 0.2) is 75.6 Å². The van der Waals surface area contributed by atoms with Crippen LogP contribution in [-0.2, 0) is 95.5 Å². The number of allylic oxidation sites excluding steroid dienone is 3. The van der Waals surface area contributed by atoms with Crippen molar-refractivity contribution in [3.8, 4) is 0 Å². The third-order valence-corrected chi connectivity index (χ3v) is 18.1. The normalized spacial score (nSPS) is 13.7. The molecule has 634 valence electrons. The van der Waals surface area contributed by atoms with Crippen molar-refractivity contribution in [1.29, 1.82) is 0 Å². The number of benzene rings is 2. The summed E-state index contributed by atoms with van der Waals surface area (Å²) in [5.41, 5.74) is 2.64. The third-order valence-electron chi connectivity index (χ3n) is 17.0. The lowest BCUT2D eigenvalue weighted by Crippen LogP contribution is -2.59. The summed E-state index contributed by atoms with van der Waals surface area (Å²) in [6.45, 7) is -3.95. The van der Waals surface area contributed by atoms with Crippen molar-refractivity contribution in [3.63, 3.8) is 0 Å². The molecule has 0 saturated carbocycles. The number of anilines is 1. The number of nitrogens with one attached hydrogen (secondary N) is 5. The van der Waals surface area contributed by atoms with Crippen molar-refractivity contribution in [2.75, 3.05) is 163 Å². The Balaban J connectivity index is 1.64. The van der Waals surface area contributed by atoms with Crippen molar-refractivity contribution in [2.45, 2.75) is 125 Å². The van der Waals surface area contributed by atoms with Crippen molar-refractivity contribution >= 4 is 112 Å². The molecule has 5 amide bonds. The molecular weight excluding hydrogens is 1520 g/mol. The summed E-state index contributed by atoms with van der Waals surface area (Å²) in [6, 6.07) is 11.9. The largest absolute Gasteiger partial charge is 0.480 e. The molecule has 0 radical (unpaired) electrons. The molecule has 14 N–H and O–H groups in total. The molecule has 3 atom stereocenters. The van der Waals surface area contributed by atoms with Crippen LogP contribution in [0.3, 0.4) is 0 Å². The van der Waals surface area contributed by atoms with Gasteiger partial charge in [-0.1, -0.05) is 48.2 Å². The zero-order chi connectivity index (χ0) is 84.2. The van der Waals surface area contributed by atoms with Crippen LogP contribution in [-0.4, -0.2) is 332 Å². The van der Waals surface area contributed by atoms with E-state index in [0.717, 1.165) is 42.1 Å². The van der Waals surface area contributed by atoms with E-state index in [2.05, 4.69) is 60.8 Å². The number of thioether (sulfide) groups is 1. The highest BCUT2D eigenvalue weighted by molar-refractivity contribution is 8.03. The molecular formula is C74H108N10O29S. The number of carbonyl (C=O) groups is 14. The van der Waals surface area contributed by atoms with Gasteiger partial charge in [-0.15, -0.1) is 0 Å². The number of carbonyl (C=O) groups excluding carboxylic acids is 5. The van der Waals surface area contributed by atoms with E-state index in [0.29, 0.717) is 0 Å². The van der Waals surface area contributed by atoms with Crippen LogP contribution in [0.1, 0.15) is 101 Å². The number of carboxylic acid groups (broad SMARTS) is 9. The summed E-state index contributed by atoms with van der Waals surface area (Å²) < 4.78 is 34.8. The van der Waals surface area contributed by atoms with Gasteiger partial charge in [-0.05, 0) is 106 Å². The first-order valence-corrected chi connectivity index (χ1v) is 37.8. The molecule has 0 saturated heterocycles. The Labute approximate surface area is 663 Å². The molecule has 0 aliphatic carbocycles. The van der Waals surface area contributed by atoms with Gasteiger partial charge < -0.3 is 106 Å². The molecule has 2 aromatic carbocycles. The first-order valence-electron chi connectivity index (χ1n) is 36.9. The summed E-state index contributed by atoms with van der Waals surface area (Å²) in [5.74, 6) is -15.3. The highest BCUT2D eigenvalue weighted by Crippen LogP contribution is 2.45. The molecule has 2 aromatic rings. The van der Waals surface area contributed by atoms with E-state index >= 15 is 0 Å². The molecule has 1 heterocycles. The topological polar surface area (TPSA) is 562 Å². The van der Waals surface area contributed by atoms with Gasteiger partial charge in [0.2, 0.25) is 29.5 Å². The van der Waals surface area contributed by atoms with E-state index < -0.39 is 160 Å². The van der Waals surface area contributed by atoms with Crippen molar-refractivity contribution in [2.24, 2.45) is 4.99 Å². The number of aryl methyl sites for hydroxylation is 1. The summed E-state index contributed by atoms with van der Waals surface area (Å²) in [5, 5.41) is 99.3. The fourth-order valence-corrected chi connectivity index (χ4v) is 12.5. The quantitative estimate of drug-likeness (QED) is 0.0327. The number of aliphatic imine (C=N–C) groups is 1. The molecule has 0 aromatic heterocycles. The van der Waals surface area contributed by atoms with Crippen LogP contribution >= 0.6 is 11.8 Å². The average molecular weight is 1630 g/mol. The summed E-state index contributed by atoms with van der Waals surface area (Å²) in [7, 11) is 2.03. The zero-order valence-corrected chi connectivity index (χ0v) is 64.9. The van der Waals surface area contributed by atoms with Crippen LogP contribution < -0.4 is 31.5 Å². The first kappa shape index (κ1) is 98.2. The molecule has 0 spiro atoms. The van der Waals surface area contributed by atoms with Gasteiger partial charge in [0.25, 0.3) is 0 Å². The summed E-state index contributed by atoms with van der Waals surface area (Å²) >= 11 is 1.69. The summed E-state index contributed by atoms with van der Waals surface area (Å²) in [6.07, 6.45) is 5.50. The van der Waals surface area contributed by atoms with E-state index in [4.69, 9.17) is 28.4 Å². The van der Waals surface area contributed by atoms with Crippen molar-refractivity contribution in [1.82, 2.24) is 41.3 Å². The second-order valence-corrected chi connectivity index (χ2v) is 27.3. The van der Waals surface area contributed by atoms with Gasteiger partial charge in [0.1, 0.15) is 23.7 Å². The number of ether oxygens (including phenoxy) is 6. The van der Waals surface area contributed by atoms with Gasteiger partial charge in [0, 0.05) is 83.0 Å². The Kier molecular flexibility index (Phi) is 48.4. The Morgan fingerprint density at radius 3 is 1.21 bits per heavy atom. The van der Waals surface area contributed by atoms with Gasteiger partial charge in [0.15, 0.2) is 0 Å². The zero-order valence-electron chi connectivity index (χ0n) is 64.1. The maximum Gasteiger partial charge on any atom is 0.320 e. The maximum absolute atomic E-state index is 13.9. The Morgan fingerprint density at radius 1 is 0.447 bits per heavy atom. The number of amides is 5. The second kappa shape index (κ2) is 56.2. The van der Waals surface area contributed by atoms with Crippen LogP contribution in [0.5, 0.6) is 0 Å². The number of hydrogen-bond acceptors (Lipinski definition) is 26. The number of carboxylic acids is 9. The highest BCUT2D eigenvalue weighted by atomic mass is 32.2. The first-order chi connectivity index (χ1) is 54.4. The number of rotatable bonds is 67. The van der Waals surface area contributed by atoms with E-state index in [-0.39, 0.29) is 188 Å². The molecule has 39 nitrogen and oxygen atoms in total. The van der Waals surface area contributed by atoms with Gasteiger partial charge in [-0.25, -0.2) is 0 Å². The molecule has 40 heteroatoms. The second-order valence-electron chi connectivity index (χ2n) is 26.2. The number of hydrogen-bond donors (Lipinski definition) is 14. The highest BCUT2D eigenvalue weighted by Gasteiger charge is 2.36. The lowest BCUT2D eigenvalue weighted by molar-refractivity contribution is -0.152. The third kappa shape index (κ3) is 42.7. The Morgan fingerprint density at radius 2 is 0.807 bits per heavy atom. The molecule has 0 fully saturated rings. The van der Waals surface area contributed by atoms with E-state index in [1.807, 2.05) is 50.4 Å². The Bertz CT molecular complexity index is 3300. The van der Waals surface area contributed by atoms with Crippen LogP contribution in [0, 0.1) is 6.92 Å². The van der Waals surface area contributed by atoms with E-state index in [1.54, 1.807) is 18.0 Å². The smallest absolute Gasteiger partial charge is 0.320 e. The fraction of sp³-hybridized carbons (Fsp3) is 0.581. The van der Waals surface area contributed by atoms with Gasteiger partial charge >= 0.3 is 53.7 Å². The lowest BCUT2D eigenvalue weighted by atomic mass is 10.0. The SMILES string of the molecule is Cc1ccccc1C(=C\C=NCCC(=O)NCCOCCOCCOCCC(=O)NC(COCCC(=O)NCCCCC(C(=O)O)N(CC(=O)O)CC(=O)O)(COCCC(=O)NCCCCC(C(=O)O)N(CC(=O)O)CC(=O)O)COCCC(=O)NCCCCC(C(=O)O)N(CC(=O)O)CC(=O)O)/C=C1\Sc2ccccc2N1C. The average Bonchev–Trinajstić information content (AvgIpc) is 1.65. The predicted octanol–water partition coefficient (Wildman–Crippen LogP) is 1.19. The fourth-order valence-electron chi connectivity index (χ4n) is 11.4. The summed E-state index contributed by atoms with van der Waals surface area (Å²) in [4.78, 5) is 180. The molecule has 3 unspecified atom stereocenters. The van der Waals surface area contributed by atoms with Crippen LogP contribution in [0.4, 0.5) is 5.69 Å². The minimum atomic E-state index is -1.63. The number of unbranched alkanes of at least 4 members (excludes halogenated alkanes) is 3. The standard InChI is InChI=1S/C74H108N10O29S/c1-51-13-3-4-14-53(51)52(41-64-81(2)54-15-5-6-19-58(54)114-64)20-29-75-30-21-59(85)79-31-36-109-38-40-110-39-37-108-32-25-63(89)80-74(48-111-33-22-60(86)76-26-10-7-16-55(71(102)103)82(42-65(90)91)43-66(92)93,49-112-34-23-61(87)77-27-11-8-17-56(72(104)105)83(44-67(94)95)45-68(96)97)50-113-35-24-62(88)78-28-12-9-18-57(73(106)107)84(46-69(98)99)47-70(100)101/h3-6,13-15,19-20,29,41,55-57H,7-12,16-18,21-28,30-40,42-50H2,1-2H3,(H,76,86)(H,77,87)(H,78,88)(H,79,85)(H,80,89)(H,90,91)(H,92,93)(H,94,95)(H,96,97)(H,98,99)(H,100,101)(H,102,103)(H,104,105)(H,106,107)/b52-20-,64-41-,75-29?. The van der Waals surface area contributed by atoms with Gasteiger partial charge in [-0.3, -0.25) is 86.8 Å². The number of nitrogens with zero attached hydrogens (tertiary/aromatic N) is 5. The number of aliphatic carboxylic acids is 9. The predicted molar refractivity (Wildman–Crippen MR) is 409 cm³/mol. The Hall–Kier alpha value is -10.0. The molecule has 1 aliphatic heterocycles. The van der Waals surface area contributed by atoms with E-state index in [9.17, 15) is 113 Å². The molecule has 1 aliphatic rings. The minimum absolute atomic E-state index is 0.0279.